The summed E-state index contributed by atoms with van der Waals surface area (Å²) in [5.41, 5.74) is 6.58. The van der Waals surface area contributed by atoms with Crippen molar-refractivity contribution in [1.29, 1.82) is 0 Å². The lowest BCUT2D eigenvalue weighted by molar-refractivity contribution is 0.591. The van der Waals surface area contributed by atoms with Crippen molar-refractivity contribution in [1.82, 2.24) is 0 Å². The molecule has 0 N–H and O–H groups in total. The Hall–Kier alpha value is -5.20. The third-order valence-electron chi connectivity index (χ3n) is 9.70. The van der Waals surface area contributed by atoms with Crippen LogP contribution in [0.25, 0.3) is 86.9 Å². The van der Waals surface area contributed by atoms with Gasteiger partial charge in [0.15, 0.2) is 0 Å². The number of benzene rings is 9. The number of hydrogen-bond donors (Lipinski definition) is 0. The summed E-state index contributed by atoms with van der Waals surface area (Å²) in [4.78, 5) is 0. The van der Waals surface area contributed by atoms with Crippen LogP contribution in [-0.2, 0) is 5.41 Å². The molecule has 0 aliphatic carbocycles. The fraction of sp³-hybridized carbons (Fsp3) is 0.0909. The van der Waals surface area contributed by atoms with Crippen molar-refractivity contribution in [2.24, 2.45) is 0 Å². The fourth-order valence-electron chi connectivity index (χ4n) is 7.38. The predicted octanol–water partition coefficient (Wildman–Crippen LogP) is 12.7. The second-order valence-electron chi connectivity index (χ2n) is 13.4. The maximum Gasteiger partial charge on any atom is -0.00206 e. The Kier molecular flexibility index (Phi) is 5.26. The second kappa shape index (κ2) is 9.15. The molecule has 0 heteroatoms. The standard InChI is InChI=1S/C44H32/c1-44(2,3)35-24-33-17-12-27-18-20-37(40-21-19-34(25-35)42(33)43(27)40)31-15-13-29-23-32(16-14-28(29)22-31)41-26-30-8-4-5-9-36(30)38-10-6-7-11-39(38)41/h4-26H,1-3H3. The molecule has 9 rings (SSSR count). The van der Waals surface area contributed by atoms with Gasteiger partial charge in [-0.25, -0.2) is 0 Å². The van der Waals surface area contributed by atoms with E-state index in [1.165, 1.54) is 92.5 Å². The zero-order valence-corrected chi connectivity index (χ0v) is 25.3. The van der Waals surface area contributed by atoms with E-state index >= 15 is 0 Å². The molecule has 0 atom stereocenters. The molecule has 44 heavy (non-hydrogen) atoms. The van der Waals surface area contributed by atoms with Gasteiger partial charge in [0, 0.05) is 0 Å². The van der Waals surface area contributed by atoms with Gasteiger partial charge in [-0.15, -0.1) is 0 Å². The molecule has 208 valence electrons. The third kappa shape index (κ3) is 3.77. The zero-order chi connectivity index (χ0) is 29.6. The highest BCUT2D eigenvalue weighted by Crippen LogP contribution is 2.42. The van der Waals surface area contributed by atoms with Crippen LogP contribution in [0.4, 0.5) is 0 Å². The van der Waals surface area contributed by atoms with Gasteiger partial charge in [0.1, 0.15) is 0 Å². The van der Waals surface area contributed by atoms with Gasteiger partial charge in [-0.2, -0.15) is 0 Å². The van der Waals surface area contributed by atoms with Gasteiger partial charge in [-0.05, 0) is 116 Å². The van der Waals surface area contributed by atoms with Crippen molar-refractivity contribution >= 4 is 64.6 Å². The van der Waals surface area contributed by atoms with Crippen LogP contribution < -0.4 is 0 Å². The molecule has 0 bridgehead atoms. The zero-order valence-electron chi connectivity index (χ0n) is 25.3. The van der Waals surface area contributed by atoms with E-state index < -0.39 is 0 Å². The molecule has 0 amide bonds. The maximum absolute atomic E-state index is 2.39. The van der Waals surface area contributed by atoms with Gasteiger partial charge in [-0.3, -0.25) is 0 Å². The Morgan fingerprint density at radius 2 is 0.909 bits per heavy atom. The molecule has 0 heterocycles. The van der Waals surface area contributed by atoms with Crippen molar-refractivity contribution in [3.05, 3.63) is 145 Å². The molecule has 0 radical (unpaired) electrons. The Bertz CT molecular complexity index is 2560. The van der Waals surface area contributed by atoms with Crippen LogP contribution in [0.5, 0.6) is 0 Å². The summed E-state index contributed by atoms with van der Waals surface area (Å²) in [6.07, 6.45) is 0. The summed E-state index contributed by atoms with van der Waals surface area (Å²) < 4.78 is 0. The van der Waals surface area contributed by atoms with Gasteiger partial charge in [0.25, 0.3) is 0 Å². The molecule has 0 fully saturated rings. The van der Waals surface area contributed by atoms with Crippen LogP contribution in [0.1, 0.15) is 26.3 Å². The van der Waals surface area contributed by atoms with Crippen LogP contribution in [0.2, 0.25) is 0 Å². The Balaban J connectivity index is 1.20. The van der Waals surface area contributed by atoms with Crippen LogP contribution in [0, 0.1) is 0 Å². The normalized spacial score (nSPS) is 12.4. The van der Waals surface area contributed by atoms with Crippen LogP contribution in [0.15, 0.2) is 140 Å². The first-order chi connectivity index (χ1) is 21.4. The molecule has 0 spiro atoms. The molecule has 0 aromatic heterocycles. The van der Waals surface area contributed by atoms with Crippen LogP contribution >= 0.6 is 0 Å². The largest absolute Gasteiger partial charge is 0.0616 e. The third-order valence-corrected chi connectivity index (χ3v) is 9.70. The average molecular weight is 561 g/mol. The molecule has 0 unspecified atom stereocenters. The van der Waals surface area contributed by atoms with E-state index in [2.05, 4.69) is 160 Å². The van der Waals surface area contributed by atoms with Crippen molar-refractivity contribution in [3.8, 4) is 22.3 Å². The summed E-state index contributed by atoms with van der Waals surface area (Å²) in [6.45, 7) is 6.89. The van der Waals surface area contributed by atoms with E-state index in [1.54, 1.807) is 0 Å². The van der Waals surface area contributed by atoms with Crippen molar-refractivity contribution in [2.75, 3.05) is 0 Å². The summed E-state index contributed by atoms with van der Waals surface area (Å²) in [6, 6.07) is 52.4. The highest BCUT2D eigenvalue weighted by Gasteiger charge is 2.18. The number of hydrogen-bond acceptors (Lipinski definition) is 0. The summed E-state index contributed by atoms with van der Waals surface area (Å²) in [7, 11) is 0. The Morgan fingerprint density at radius 3 is 1.64 bits per heavy atom. The van der Waals surface area contributed by atoms with E-state index in [4.69, 9.17) is 0 Å². The lowest BCUT2D eigenvalue weighted by Crippen LogP contribution is -2.10. The molecule has 0 saturated heterocycles. The lowest BCUT2D eigenvalue weighted by Gasteiger charge is -2.22. The molecular weight excluding hydrogens is 528 g/mol. The monoisotopic (exact) mass is 560 g/mol. The van der Waals surface area contributed by atoms with Gasteiger partial charge in [0.2, 0.25) is 0 Å². The molecule has 9 aromatic carbocycles. The summed E-state index contributed by atoms with van der Waals surface area (Å²) >= 11 is 0. The van der Waals surface area contributed by atoms with Crippen LogP contribution in [0.3, 0.4) is 0 Å². The van der Waals surface area contributed by atoms with Gasteiger partial charge >= 0.3 is 0 Å². The Morgan fingerprint density at radius 1 is 0.341 bits per heavy atom. The molecular formula is C44H32. The van der Waals surface area contributed by atoms with Gasteiger partial charge < -0.3 is 0 Å². The van der Waals surface area contributed by atoms with E-state index in [0.717, 1.165) is 0 Å². The first kappa shape index (κ1) is 25.3. The van der Waals surface area contributed by atoms with E-state index in [0.29, 0.717) is 0 Å². The topological polar surface area (TPSA) is 0 Å². The minimum atomic E-state index is 0.113. The lowest BCUT2D eigenvalue weighted by atomic mass is 9.82. The first-order valence-corrected chi connectivity index (χ1v) is 15.6. The van der Waals surface area contributed by atoms with Crippen molar-refractivity contribution < 1.29 is 0 Å². The van der Waals surface area contributed by atoms with Crippen molar-refractivity contribution in [3.63, 3.8) is 0 Å². The first-order valence-electron chi connectivity index (χ1n) is 15.6. The highest BCUT2D eigenvalue weighted by molar-refractivity contribution is 6.25. The van der Waals surface area contributed by atoms with Gasteiger partial charge in [0.05, 0.1) is 0 Å². The predicted molar refractivity (Wildman–Crippen MR) is 192 cm³/mol. The Labute approximate surface area is 257 Å². The minimum Gasteiger partial charge on any atom is -0.0616 e. The van der Waals surface area contributed by atoms with Crippen LogP contribution in [-0.4, -0.2) is 0 Å². The molecule has 0 aliphatic heterocycles. The minimum absolute atomic E-state index is 0.113. The molecule has 9 aromatic rings. The second-order valence-corrected chi connectivity index (χ2v) is 13.4. The van der Waals surface area contributed by atoms with E-state index in [-0.39, 0.29) is 5.41 Å². The molecule has 0 aliphatic rings. The fourth-order valence-corrected chi connectivity index (χ4v) is 7.38. The molecule has 0 saturated carbocycles. The van der Waals surface area contributed by atoms with Crippen molar-refractivity contribution in [2.45, 2.75) is 26.2 Å². The number of fused-ring (bicyclic) bond motifs is 4. The average Bonchev–Trinajstić information content (AvgIpc) is 3.05. The smallest absolute Gasteiger partial charge is 0.00206 e. The summed E-state index contributed by atoms with van der Waals surface area (Å²) in [5.74, 6) is 0. The number of rotatable bonds is 2. The maximum atomic E-state index is 2.39. The van der Waals surface area contributed by atoms with E-state index in [9.17, 15) is 0 Å². The SMILES string of the molecule is CC(C)(C)c1cc2ccc3ccc(-c4ccc5cc(-c6cc7ccccc7c7ccccc67)ccc5c4)c4ccc(c1)c2c34. The quantitative estimate of drug-likeness (QED) is 0.184. The summed E-state index contributed by atoms with van der Waals surface area (Å²) in [5, 5.41) is 15.7. The van der Waals surface area contributed by atoms with Gasteiger partial charge in [-0.1, -0.05) is 142 Å². The van der Waals surface area contributed by atoms with E-state index in [1.807, 2.05) is 0 Å². The molecule has 0 nitrogen and oxygen atoms in total. The highest BCUT2D eigenvalue weighted by atomic mass is 14.2.